The lowest BCUT2D eigenvalue weighted by Gasteiger charge is -2.03. The fourth-order valence-corrected chi connectivity index (χ4v) is 2.35. The van der Waals surface area contributed by atoms with Crippen LogP contribution in [-0.2, 0) is 33.6 Å². The van der Waals surface area contributed by atoms with E-state index in [1.165, 1.54) is 30.7 Å². The van der Waals surface area contributed by atoms with Crippen LogP contribution in [0.3, 0.4) is 0 Å². The van der Waals surface area contributed by atoms with Gasteiger partial charge in [0.2, 0.25) is 23.3 Å². The van der Waals surface area contributed by atoms with Gasteiger partial charge < -0.3 is 18.9 Å². The Kier molecular flexibility index (Phi) is 8.85. The van der Waals surface area contributed by atoms with Crippen LogP contribution in [0.5, 0.6) is 5.75 Å². The molecular weight excluding hydrogens is 442 g/mol. The van der Waals surface area contributed by atoms with Crippen molar-refractivity contribution in [1.82, 2.24) is 5.32 Å². The Morgan fingerprint density at radius 1 is 0.848 bits per heavy atom. The molecule has 0 aromatic carbocycles. The molecule has 0 unspecified atom stereocenters. The van der Waals surface area contributed by atoms with Gasteiger partial charge in [-0.15, -0.1) is 0 Å². The minimum Gasteiger partial charge on any atom is -0.469 e. The van der Waals surface area contributed by atoms with Gasteiger partial charge in [0, 0.05) is 18.9 Å². The summed E-state index contributed by atoms with van der Waals surface area (Å²) >= 11 is 0. The third kappa shape index (κ3) is 7.61. The average Bonchev–Trinajstić information content (AvgIpc) is 3.50. The molecule has 1 amide bonds. The lowest BCUT2D eigenvalue weighted by molar-refractivity contribution is -0.148. The zero-order chi connectivity index (χ0) is 24.4. The molecule has 2 heterocycles. The number of hydrogen-bond donors (Lipinski definition) is 1. The number of Topliss-reactive ketones (excluding diaryl/α,β-unsaturated/α-hetero) is 6. The molecule has 0 bridgehead atoms. The quantitative estimate of drug-likeness (QED) is 0.176. The number of nitrogens with one attached hydrogen (secondary N) is 1. The highest BCUT2D eigenvalue weighted by Gasteiger charge is 2.29. The number of esters is 1. The Labute approximate surface area is 185 Å². The first kappa shape index (κ1) is 24.8. The number of hydrogen-bond acceptors (Lipinski definition) is 11. The Hall–Kier alpha value is -4.48. The highest BCUT2D eigenvalue weighted by atomic mass is 16.5. The highest BCUT2D eigenvalue weighted by Crippen LogP contribution is 2.11. The van der Waals surface area contributed by atoms with Crippen LogP contribution in [0.2, 0.25) is 0 Å². The minimum absolute atomic E-state index is 0.106. The molecule has 0 radical (unpaired) electrons. The van der Waals surface area contributed by atoms with Crippen molar-refractivity contribution in [2.24, 2.45) is 0 Å². The maximum atomic E-state index is 11.8. The second-order valence-corrected chi connectivity index (χ2v) is 6.47. The van der Waals surface area contributed by atoms with Gasteiger partial charge in [0.05, 0.1) is 25.5 Å². The second-order valence-electron chi connectivity index (χ2n) is 6.47. The fourth-order valence-electron chi connectivity index (χ4n) is 2.35. The van der Waals surface area contributed by atoms with Gasteiger partial charge >= 0.3 is 5.97 Å². The molecule has 2 rings (SSSR count). The zero-order valence-electron chi connectivity index (χ0n) is 17.0. The van der Waals surface area contributed by atoms with Gasteiger partial charge in [-0.1, -0.05) is 0 Å². The number of carbonyl (C=O) groups excluding carboxylic acids is 8. The first-order valence-electron chi connectivity index (χ1n) is 9.44. The fraction of sp³-hybridized carbons (Fsp3) is 0.238. The predicted octanol–water partition coefficient (Wildman–Crippen LogP) is 0.183. The molecule has 0 saturated carbocycles. The first-order chi connectivity index (χ1) is 15.7. The monoisotopic (exact) mass is 459 g/mol. The smallest absolute Gasteiger partial charge is 0.311 e. The Bertz CT molecular complexity index is 1080. The van der Waals surface area contributed by atoms with Crippen molar-refractivity contribution in [3.63, 3.8) is 0 Å². The lowest BCUT2D eigenvalue weighted by atomic mass is 10.0. The average molecular weight is 459 g/mol. The van der Waals surface area contributed by atoms with Gasteiger partial charge in [-0.2, -0.15) is 0 Å². The number of ether oxygens (including phenoxy) is 1. The van der Waals surface area contributed by atoms with Gasteiger partial charge in [-0.25, -0.2) is 0 Å². The van der Waals surface area contributed by atoms with Crippen LogP contribution in [0.15, 0.2) is 45.8 Å². The number of ketones is 6. The van der Waals surface area contributed by atoms with Crippen LogP contribution < -0.4 is 10.1 Å². The van der Waals surface area contributed by atoms with Crippen LogP contribution in [0.25, 0.3) is 0 Å². The zero-order valence-corrected chi connectivity index (χ0v) is 17.0. The molecule has 0 saturated heterocycles. The van der Waals surface area contributed by atoms with E-state index in [9.17, 15) is 38.4 Å². The summed E-state index contributed by atoms with van der Waals surface area (Å²) < 4.78 is 14.3. The first-order valence-corrected chi connectivity index (χ1v) is 9.44. The summed E-state index contributed by atoms with van der Waals surface area (Å²) in [7, 11) is 0. The topological polar surface area (TPSA) is 184 Å². The van der Waals surface area contributed by atoms with E-state index in [1.807, 2.05) is 5.32 Å². The summed E-state index contributed by atoms with van der Waals surface area (Å²) in [6.07, 6.45) is 1.90. The summed E-state index contributed by atoms with van der Waals surface area (Å²) in [5.41, 5.74) is 0. The molecule has 0 aliphatic rings. The summed E-state index contributed by atoms with van der Waals surface area (Å²) in [6, 6.07) is 3.99. The molecule has 33 heavy (non-hydrogen) atoms. The molecule has 12 nitrogen and oxygen atoms in total. The number of rotatable bonds is 14. The predicted molar refractivity (Wildman–Crippen MR) is 104 cm³/mol. The van der Waals surface area contributed by atoms with Crippen molar-refractivity contribution >= 4 is 46.6 Å². The van der Waals surface area contributed by atoms with Crippen molar-refractivity contribution < 1.29 is 51.9 Å². The molecule has 0 atom stereocenters. The highest BCUT2D eigenvalue weighted by molar-refractivity contribution is 6.78. The summed E-state index contributed by atoms with van der Waals surface area (Å²) in [4.78, 5) is 93.8. The molecule has 0 aliphatic carbocycles. The molecule has 2 aromatic rings. The van der Waals surface area contributed by atoms with E-state index in [-0.39, 0.29) is 24.4 Å². The van der Waals surface area contributed by atoms with Crippen LogP contribution >= 0.6 is 0 Å². The minimum atomic E-state index is -1.65. The van der Waals surface area contributed by atoms with Gasteiger partial charge in [-0.05, 0) is 18.6 Å². The van der Waals surface area contributed by atoms with E-state index in [0.29, 0.717) is 0 Å². The molecule has 1 N–H and O–H groups in total. The molecule has 0 aliphatic heterocycles. The van der Waals surface area contributed by atoms with E-state index in [2.05, 4.69) is 0 Å². The Balaban J connectivity index is 1.70. The lowest BCUT2D eigenvalue weighted by Crippen LogP contribution is -2.39. The Morgan fingerprint density at radius 3 is 2.21 bits per heavy atom. The van der Waals surface area contributed by atoms with Crippen molar-refractivity contribution in [2.45, 2.75) is 25.7 Å². The second kappa shape index (κ2) is 11.8. The van der Waals surface area contributed by atoms with E-state index in [4.69, 9.17) is 13.6 Å². The summed E-state index contributed by atoms with van der Waals surface area (Å²) in [6.45, 7) is -0.948. The standard InChI is InChI=1S/C21H17NO11/c23-13(3-1-5-18(27)33-12-6-8-31-11-12)20(29)21(30)15(25)10-22-17(26)9-14(24)19(28)16-4-2-7-32-16/h2,4,6-8,11H,1,3,5,9-10H2,(H,22,26). The summed E-state index contributed by atoms with van der Waals surface area (Å²) in [5, 5.41) is 1.92. The largest absolute Gasteiger partial charge is 0.469 e. The third-order valence-electron chi connectivity index (χ3n) is 3.99. The van der Waals surface area contributed by atoms with Crippen molar-refractivity contribution in [1.29, 1.82) is 0 Å². The molecule has 0 fully saturated rings. The normalized spacial score (nSPS) is 10.2. The molecule has 2 aromatic heterocycles. The van der Waals surface area contributed by atoms with Crippen LogP contribution in [0, 0.1) is 0 Å². The van der Waals surface area contributed by atoms with E-state index < -0.39 is 66.0 Å². The van der Waals surface area contributed by atoms with Crippen molar-refractivity contribution in [2.75, 3.05) is 6.54 Å². The number of carbonyl (C=O) groups is 8. The van der Waals surface area contributed by atoms with E-state index in [0.717, 1.165) is 6.26 Å². The van der Waals surface area contributed by atoms with Crippen LogP contribution in [0.1, 0.15) is 36.2 Å². The van der Waals surface area contributed by atoms with Gasteiger partial charge in [0.25, 0.3) is 17.3 Å². The number of furan rings is 2. The van der Waals surface area contributed by atoms with E-state index in [1.54, 1.807) is 0 Å². The number of amides is 1. The molecule has 12 heteroatoms. The van der Waals surface area contributed by atoms with Gasteiger partial charge in [-0.3, -0.25) is 38.4 Å². The Morgan fingerprint density at radius 2 is 1.58 bits per heavy atom. The third-order valence-corrected chi connectivity index (χ3v) is 3.99. The van der Waals surface area contributed by atoms with Crippen molar-refractivity contribution in [3.8, 4) is 5.75 Å². The molecular formula is C21H17NO11. The van der Waals surface area contributed by atoms with Gasteiger partial charge in [0.15, 0.2) is 11.5 Å². The molecule has 172 valence electrons. The SMILES string of the molecule is O=C(CC(=O)C(=O)c1ccco1)NCC(=O)C(=O)C(=O)C(=O)CCCC(=O)Oc1ccoc1. The van der Waals surface area contributed by atoms with E-state index >= 15 is 0 Å². The van der Waals surface area contributed by atoms with Crippen LogP contribution in [0.4, 0.5) is 0 Å². The van der Waals surface area contributed by atoms with Gasteiger partial charge in [0.1, 0.15) is 6.26 Å². The maximum Gasteiger partial charge on any atom is 0.311 e. The summed E-state index contributed by atoms with van der Waals surface area (Å²) in [5.74, 6) is -9.82. The van der Waals surface area contributed by atoms with Crippen molar-refractivity contribution in [3.05, 3.63) is 42.7 Å². The van der Waals surface area contributed by atoms with Crippen LogP contribution in [-0.4, -0.2) is 53.1 Å². The molecule has 0 spiro atoms. The maximum absolute atomic E-state index is 11.8.